The molecule has 7 heteroatoms. The van der Waals surface area contributed by atoms with Crippen molar-refractivity contribution in [2.75, 3.05) is 0 Å². The van der Waals surface area contributed by atoms with Crippen molar-refractivity contribution in [1.29, 1.82) is 0 Å². The van der Waals surface area contributed by atoms with Crippen molar-refractivity contribution in [1.82, 2.24) is 0 Å². The molecule has 0 N–H and O–H groups in total. The van der Waals surface area contributed by atoms with E-state index in [4.69, 9.17) is 4.74 Å². The molecule has 148 valence electrons. The largest absolute Gasteiger partial charge is 0.337 e. The predicted molar refractivity (Wildman–Crippen MR) is 106 cm³/mol. The first-order valence-corrected chi connectivity index (χ1v) is 11.5. The van der Waals surface area contributed by atoms with Crippen LogP contribution in [0.4, 0.5) is 0 Å². The summed E-state index contributed by atoms with van der Waals surface area (Å²) in [7, 11) is -7.85. The van der Waals surface area contributed by atoms with Gasteiger partial charge in [-0.3, -0.25) is 0 Å². The van der Waals surface area contributed by atoms with Crippen LogP contribution < -0.4 is 0 Å². The van der Waals surface area contributed by atoms with Crippen LogP contribution >= 0.6 is 0 Å². The average molecular weight is 411 g/mol. The minimum atomic E-state index is -3.92. The Hall–Kier alpha value is -1.70. The van der Waals surface area contributed by atoms with Crippen LogP contribution in [0.3, 0.4) is 0 Å². The van der Waals surface area contributed by atoms with Gasteiger partial charge < -0.3 is 4.74 Å². The molecule has 0 aromatic heterocycles. The molecule has 0 atom stereocenters. The van der Waals surface area contributed by atoms with Crippen LogP contribution in [0.1, 0.15) is 38.8 Å². The monoisotopic (exact) mass is 410 g/mol. The topological polar surface area (TPSA) is 77.5 Å². The van der Waals surface area contributed by atoms with Crippen LogP contribution in [-0.4, -0.2) is 26.7 Å². The molecule has 0 amide bonds. The van der Waals surface area contributed by atoms with Gasteiger partial charge in [-0.1, -0.05) is 35.4 Å². The van der Waals surface area contributed by atoms with Crippen molar-refractivity contribution in [3.05, 3.63) is 59.7 Å². The van der Waals surface area contributed by atoms with Gasteiger partial charge in [0.2, 0.25) is 19.7 Å². The summed E-state index contributed by atoms with van der Waals surface area (Å²) in [4.78, 5) is -3.32. The molecule has 0 unspecified atom stereocenters. The summed E-state index contributed by atoms with van der Waals surface area (Å²) in [6.45, 7) is 9.19. The lowest BCUT2D eigenvalue weighted by Gasteiger charge is -2.35. The van der Waals surface area contributed by atoms with E-state index in [1.165, 1.54) is 52.0 Å². The molecule has 0 heterocycles. The van der Waals surface area contributed by atoms with Crippen LogP contribution in [-0.2, 0) is 24.4 Å². The van der Waals surface area contributed by atoms with Gasteiger partial charge in [-0.25, -0.2) is 16.8 Å². The lowest BCUT2D eigenvalue weighted by Crippen LogP contribution is -2.46. The third kappa shape index (κ3) is 4.10. The minimum absolute atomic E-state index is 0.0848. The van der Waals surface area contributed by atoms with E-state index in [2.05, 4.69) is 0 Å². The Morgan fingerprint density at radius 1 is 0.593 bits per heavy atom. The lowest BCUT2D eigenvalue weighted by molar-refractivity contribution is -0.0280. The van der Waals surface area contributed by atoms with Gasteiger partial charge in [0.15, 0.2) is 9.87 Å². The SMILES string of the molecule is Cc1ccc(S(=O)(=O)C(C)(C)OC(C)(C)S(=O)(=O)c2ccc(C)cc2)cc1. The molecule has 0 aliphatic rings. The summed E-state index contributed by atoms with van der Waals surface area (Å²) in [5.41, 5.74) is 1.85. The van der Waals surface area contributed by atoms with Gasteiger partial charge in [-0.2, -0.15) is 0 Å². The molecular formula is C20H26O5S2. The Labute approximate surface area is 162 Å². The van der Waals surface area contributed by atoms with E-state index in [1.807, 2.05) is 13.8 Å². The van der Waals surface area contributed by atoms with Crippen LogP contribution in [0.2, 0.25) is 0 Å². The number of rotatable bonds is 6. The Morgan fingerprint density at radius 2 is 0.852 bits per heavy atom. The Bertz CT molecular complexity index is 929. The maximum absolute atomic E-state index is 13.0. The van der Waals surface area contributed by atoms with Crippen LogP contribution in [0.15, 0.2) is 58.3 Å². The molecule has 0 fully saturated rings. The van der Waals surface area contributed by atoms with Gasteiger partial charge in [0.25, 0.3) is 0 Å². The highest BCUT2D eigenvalue weighted by molar-refractivity contribution is 7.93. The standard InChI is InChI=1S/C20H26O5S2/c1-15-7-11-17(12-8-15)26(21,22)19(3,4)25-20(5,6)27(23,24)18-13-9-16(2)10-14-18/h7-14H,1-6H3. The van der Waals surface area contributed by atoms with Gasteiger partial charge in [-0.05, 0) is 65.8 Å². The smallest absolute Gasteiger partial charge is 0.207 e. The molecule has 2 rings (SSSR count). The van der Waals surface area contributed by atoms with Gasteiger partial charge >= 0.3 is 0 Å². The fourth-order valence-electron chi connectivity index (χ4n) is 2.70. The highest BCUT2D eigenvalue weighted by Gasteiger charge is 2.47. The van der Waals surface area contributed by atoms with Crippen LogP contribution in [0, 0.1) is 13.8 Å². The average Bonchev–Trinajstić information content (AvgIpc) is 2.54. The molecule has 0 saturated heterocycles. The number of aryl methyl sites for hydroxylation is 2. The van der Waals surface area contributed by atoms with E-state index in [9.17, 15) is 16.8 Å². The molecule has 0 radical (unpaired) electrons. The van der Waals surface area contributed by atoms with Crippen molar-refractivity contribution in [3.8, 4) is 0 Å². The predicted octanol–water partition coefficient (Wildman–Crippen LogP) is 4.04. The van der Waals surface area contributed by atoms with E-state index in [0.29, 0.717) is 0 Å². The number of ether oxygens (including phenoxy) is 1. The zero-order chi connectivity index (χ0) is 20.7. The Morgan fingerprint density at radius 3 is 1.11 bits per heavy atom. The fraction of sp³-hybridized carbons (Fsp3) is 0.400. The Kier molecular flexibility index (Phi) is 5.63. The summed E-state index contributed by atoms with van der Waals surface area (Å²) >= 11 is 0. The second-order valence-electron chi connectivity index (χ2n) is 7.53. The number of sulfone groups is 2. The summed E-state index contributed by atoms with van der Waals surface area (Å²) in [6.07, 6.45) is 0. The maximum Gasteiger partial charge on any atom is 0.207 e. The molecule has 0 aliphatic carbocycles. The molecular weight excluding hydrogens is 384 g/mol. The summed E-state index contributed by atoms with van der Waals surface area (Å²) < 4.78 is 57.9. The first-order valence-electron chi connectivity index (χ1n) is 8.53. The van der Waals surface area contributed by atoms with Crippen LogP contribution in [0.5, 0.6) is 0 Å². The van der Waals surface area contributed by atoms with Gasteiger partial charge in [0.05, 0.1) is 9.79 Å². The molecule has 0 saturated carbocycles. The van der Waals surface area contributed by atoms with Gasteiger partial charge in [0, 0.05) is 0 Å². The quantitative estimate of drug-likeness (QED) is 0.718. The lowest BCUT2D eigenvalue weighted by atomic mass is 10.2. The number of hydrogen-bond acceptors (Lipinski definition) is 5. The first-order chi connectivity index (χ1) is 12.2. The molecule has 0 bridgehead atoms. The number of hydrogen-bond donors (Lipinski definition) is 0. The summed E-state index contributed by atoms with van der Waals surface area (Å²) in [6, 6.07) is 12.8. The molecule has 2 aromatic carbocycles. The fourth-order valence-corrected chi connectivity index (χ4v) is 5.52. The van der Waals surface area contributed by atoms with Crippen molar-refractivity contribution >= 4 is 19.7 Å². The molecule has 0 spiro atoms. The third-order valence-corrected chi connectivity index (χ3v) is 8.99. The van der Waals surface area contributed by atoms with Gasteiger partial charge in [0.1, 0.15) is 0 Å². The minimum Gasteiger partial charge on any atom is -0.337 e. The van der Waals surface area contributed by atoms with Gasteiger partial charge in [-0.15, -0.1) is 0 Å². The van der Waals surface area contributed by atoms with E-state index >= 15 is 0 Å². The van der Waals surface area contributed by atoms with Crippen LogP contribution in [0.25, 0.3) is 0 Å². The van der Waals surface area contributed by atoms with E-state index < -0.39 is 29.5 Å². The number of benzene rings is 2. The normalized spacial score (nSPS) is 13.6. The van der Waals surface area contributed by atoms with E-state index in [1.54, 1.807) is 24.3 Å². The van der Waals surface area contributed by atoms with E-state index in [-0.39, 0.29) is 9.79 Å². The second-order valence-corrected chi connectivity index (χ2v) is 12.5. The molecule has 27 heavy (non-hydrogen) atoms. The summed E-state index contributed by atoms with van der Waals surface area (Å²) in [5, 5.41) is 0. The van der Waals surface area contributed by atoms with Crippen molar-refractivity contribution in [2.24, 2.45) is 0 Å². The zero-order valence-electron chi connectivity index (χ0n) is 16.5. The van der Waals surface area contributed by atoms with E-state index in [0.717, 1.165) is 11.1 Å². The maximum atomic E-state index is 13.0. The summed E-state index contributed by atoms with van der Waals surface area (Å²) in [5.74, 6) is 0. The van der Waals surface area contributed by atoms with Crippen molar-refractivity contribution in [2.45, 2.75) is 61.2 Å². The van der Waals surface area contributed by atoms with Crippen molar-refractivity contribution < 1.29 is 21.6 Å². The first kappa shape index (κ1) is 21.6. The van der Waals surface area contributed by atoms with Crippen molar-refractivity contribution in [3.63, 3.8) is 0 Å². The third-order valence-electron chi connectivity index (χ3n) is 4.45. The highest BCUT2D eigenvalue weighted by Crippen LogP contribution is 2.36. The Balaban J connectivity index is 2.42. The zero-order valence-corrected chi connectivity index (χ0v) is 18.1. The molecule has 2 aromatic rings. The molecule has 0 aliphatic heterocycles. The second kappa shape index (κ2) is 7.04. The highest BCUT2D eigenvalue weighted by atomic mass is 32.2. The molecule has 5 nitrogen and oxygen atoms in total.